The highest BCUT2D eigenvalue weighted by atomic mass is 79.9. The molecule has 0 fully saturated rings. The quantitative estimate of drug-likeness (QED) is 0.830. The van der Waals surface area contributed by atoms with Crippen LogP contribution in [0.4, 0.5) is 27.6 Å². The van der Waals surface area contributed by atoms with Gasteiger partial charge in [0.2, 0.25) is 0 Å². The first kappa shape index (κ1) is 13.9. The summed E-state index contributed by atoms with van der Waals surface area (Å²) in [6, 6.07) is 5.29. The van der Waals surface area contributed by atoms with E-state index in [9.17, 15) is 26.7 Å². The maximum atomic E-state index is 12.6. The Morgan fingerprint density at radius 3 is 2.24 bits per heavy atom. The Labute approximate surface area is 101 Å². The number of hydrogen-bond acceptors (Lipinski definition) is 1. The second-order valence-electron chi connectivity index (χ2n) is 3.04. The summed E-state index contributed by atoms with van der Waals surface area (Å²) >= 11 is 2.98. The highest BCUT2D eigenvalue weighted by molar-refractivity contribution is 9.10. The molecule has 1 amide bonds. The maximum absolute atomic E-state index is 12.6. The molecule has 0 aromatic heterocycles. The maximum Gasteiger partial charge on any atom is 0.463 e. The molecule has 0 aliphatic rings. The van der Waals surface area contributed by atoms with Gasteiger partial charge in [-0.05, 0) is 18.2 Å². The van der Waals surface area contributed by atoms with Crippen LogP contribution >= 0.6 is 15.9 Å². The number of nitrogens with one attached hydrogen (secondary N) is 1. The van der Waals surface area contributed by atoms with Gasteiger partial charge in [-0.1, -0.05) is 22.0 Å². The van der Waals surface area contributed by atoms with Crippen LogP contribution in [0.1, 0.15) is 0 Å². The third-order valence-corrected chi connectivity index (χ3v) is 2.22. The standard InChI is InChI=1S/C9H5BrF5NO/c10-5-2-1-3-6(4-5)16-7(17)8(11,12)9(13,14)15/h1-4H,(H,16,17). The van der Waals surface area contributed by atoms with Gasteiger partial charge in [0.15, 0.2) is 0 Å². The van der Waals surface area contributed by atoms with Gasteiger partial charge >= 0.3 is 18.0 Å². The zero-order chi connectivity index (χ0) is 13.3. The molecule has 0 atom stereocenters. The molecule has 0 saturated carbocycles. The second-order valence-corrected chi connectivity index (χ2v) is 3.95. The highest BCUT2D eigenvalue weighted by Gasteiger charge is 2.63. The molecule has 94 valence electrons. The number of hydrogen-bond donors (Lipinski definition) is 1. The van der Waals surface area contributed by atoms with Gasteiger partial charge in [-0.2, -0.15) is 22.0 Å². The van der Waals surface area contributed by atoms with Crippen LogP contribution in [0.25, 0.3) is 0 Å². The van der Waals surface area contributed by atoms with E-state index in [0.717, 1.165) is 0 Å². The molecular weight excluding hydrogens is 313 g/mol. The van der Waals surface area contributed by atoms with Gasteiger partial charge in [0.05, 0.1) is 0 Å². The number of carbonyl (C=O) groups is 1. The van der Waals surface area contributed by atoms with E-state index in [1.165, 1.54) is 29.6 Å². The zero-order valence-corrected chi connectivity index (χ0v) is 9.57. The first-order chi connectivity index (χ1) is 7.64. The van der Waals surface area contributed by atoms with Gasteiger partial charge < -0.3 is 5.32 Å². The number of halogens is 6. The van der Waals surface area contributed by atoms with E-state index < -0.39 is 18.0 Å². The molecule has 8 heteroatoms. The Balaban J connectivity index is 2.87. The summed E-state index contributed by atoms with van der Waals surface area (Å²) in [5.41, 5.74) is -0.159. The molecule has 1 rings (SSSR count). The van der Waals surface area contributed by atoms with E-state index >= 15 is 0 Å². The molecule has 17 heavy (non-hydrogen) atoms. The summed E-state index contributed by atoms with van der Waals surface area (Å²) in [5, 5.41) is 1.49. The number of alkyl halides is 5. The molecule has 0 radical (unpaired) electrons. The molecule has 2 nitrogen and oxygen atoms in total. The minimum absolute atomic E-state index is 0.159. The Kier molecular flexibility index (Phi) is 3.75. The fourth-order valence-corrected chi connectivity index (χ4v) is 1.30. The number of rotatable bonds is 2. The van der Waals surface area contributed by atoms with Crippen molar-refractivity contribution in [2.45, 2.75) is 12.1 Å². The highest BCUT2D eigenvalue weighted by Crippen LogP contribution is 2.36. The van der Waals surface area contributed by atoms with Gasteiger partial charge in [0, 0.05) is 10.2 Å². The second kappa shape index (κ2) is 4.59. The number of amides is 1. The molecule has 1 N–H and O–H groups in total. The molecule has 0 unspecified atom stereocenters. The third kappa shape index (κ3) is 3.15. The predicted molar refractivity (Wildman–Crippen MR) is 53.8 cm³/mol. The smallest absolute Gasteiger partial charge is 0.320 e. The van der Waals surface area contributed by atoms with Crippen molar-refractivity contribution in [3.05, 3.63) is 28.7 Å². The van der Waals surface area contributed by atoms with Crippen LogP contribution < -0.4 is 5.32 Å². The molecule has 0 aliphatic heterocycles. The van der Waals surface area contributed by atoms with E-state index in [-0.39, 0.29) is 5.69 Å². The first-order valence-corrected chi connectivity index (χ1v) is 4.95. The molecular formula is C9H5BrF5NO. The van der Waals surface area contributed by atoms with Crippen molar-refractivity contribution >= 4 is 27.5 Å². The number of benzene rings is 1. The van der Waals surface area contributed by atoms with E-state index in [0.29, 0.717) is 4.47 Å². The SMILES string of the molecule is O=C(Nc1cccc(Br)c1)C(F)(F)C(F)(F)F. The predicted octanol–water partition coefficient (Wildman–Crippen LogP) is 3.59. The Hall–Kier alpha value is -1.18. The normalized spacial score (nSPS) is 12.4. The van der Waals surface area contributed by atoms with Crippen LogP contribution in [0.3, 0.4) is 0 Å². The van der Waals surface area contributed by atoms with Gasteiger partial charge in [-0.25, -0.2) is 0 Å². The Bertz CT molecular complexity index is 432. The van der Waals surface area contributed by atoms with Crippen molar-refractivity contribution in [1.29, 1.82) is 0 Å². The lowest BCUT2D eigenvalue weighted by Gasteiger charge is -2.18. The largest absolute Gasteiger partial charge is 0.463 e. The molecule has 0 bridgehead atoms. The molecule has 1 aromatic rings. The van der Waals surface area contributed by atoms with Crippen LogP contribution in [-0.4, -0.2) is 18.0 Å². The van der Waals surface area contributed by atoms with Gasteiger partial charge in [0.1, 0.15) is 0 Å². The average molecular weight is 318 g/mol. The van der Waals surface area contributed by atoms with Crippen LogP contribution in [-0.2, 0) is 4.79 Å². The van der Waals surface area contributed by atoms with Crippen molar-refractivity contribution < 1.29 is 26.7 Å². The van der Waals surface area contributed by atoms with Crippen molar-refractivity contribution in [3.8, 4) is 0 Å². The van der Waals surface area contributed by atoms with E-state index in [4.69, 9.17) is 0 Å². The van der Waals surface area contributed by atoms with Gasteiger partial charge in [-0.15, -0.1) is 0 Å². The van der Waals surface area contributed by atoms with Crippen molar-refractivity contribution in [3.63, 3.8) is 0 Å². The molecule has 0 saturated heterocycles. The Morgan fingerprint density at radius 1 is 1.18 bits per heavy atom. The fraction of sp³-hybridized carbons (Fsp3) is 0.222. The van der Waals surface area contributed by atoms with E-state index in [1.54, 1.807) is 0 Å². The summed E-state index contributed by atoms with van der Waals surface area (Å²) in [6.07, 6.45) is -5.91. The van der Waals surface area contributed by atoms with Gasteiger partial charge in [0.25, 0.3) is 0 Å². The number of carbonyl (C=O) groups excluding carboxylic acids is 1. The van der Waals surface area contributed by atoms with Gasteiger partial charge in [-0.3, -0.25) is 4.79 Å². The van der Waals surface area contributed by atoms with E-state index in [2.05, 4.69) is 15.9 Å². The lowest BCUT2D eigenvalue weighted by atomic mass is 10.2. The van der Waals surface area contributed by atoms with Crippen LogP contribution in [0.15, 0.2) is 28.7 Å². The summed E-state index contributed by atoms with van der Waals surface area (Å²) in [4.78, 5) is 10.8. The summed E-state index contributed by atoms with van der Waals surface area (Å²) in [7, 11) is 0. The minimum Gasteiger partial charge on any atom is -0.320 e. The lowest BCUT2D eigenvalue weighted by Crippen LogP contribution is -2.47. The summed E-state index contributed by atoms with van der Waals surface area (Å²) < 4.78 is 61.1. The zero-order valence-electron chi connectivity index (χ0n) is 7.99. The van der Waals surface area contributed by atoms with Crippen LogP contribution in [0.5, 0.6) is 0 Å². The molecule has 1 aromatic carbocycles. The topological polar surface area (TPSA) is 29.1 Å². The van der Waals surface area contributed by atoms with Crippen LogP contribution in [0.2, 0.25) is 0 Å². The molecule has 0 heterocycles. The van der Waals surface area contributed by atoms with Crippen molar-refractivity contribution in [1.82, 2.24) is 0 Å². The first-order valence-electron chi connectivity index (χ1n) is 4.16. The number of anilines is 1. The minimum atomic E-state index is -5.91. The van der Waals surface area contributed by atoms with Crippen molar-refractivity contribution in [2.75, 3.05) is 5.32 Å². The van der Waals surface area contributed by atoms with E-state index in [1.807, 2.05) is 0 Å². The molecule has 0 spiro atoms. The Morgan fingerprint density at radius 2 is 1.76 bits per heavy atom. The molecule has 0 aliphatic carbocycles. The lowest BCUT2D eigenvalue weighted by molar-refractivity contribution is -0.267. The third-order valence-electron chi connectivity index (χ3n) is 1.72. The fourth-order valence-electron chi connectivity index (χ4n) is 0.905. The average Bonchev–Trinajstić information content (AvgIpc) is 2.15. The summed E-state index contributed by atoms with van der Waals surface area (Å²) in [5.74, 6) is -7.84. The van der Waals surface area contributed by atoms with Crippen molar-refractivity contribution in [2.24, 2.45) is 0 Å². The monoisotopic (exact) mass is 317 g/mol. The summed E-state index contributed by atoms with van der Waals surface area (Å²) in [6.45, 7) is 0. The van der Waals surface area contributed by atoms with Crippen LogP contribution in [0, 0.1) is 0 Å².